The van der Waals surface area contributed by atoms with E-state index >= 15 is 0 Å². The Kier molecular flexibility index (Phi) is 4.79. The van der Waals surface area contributed by atoms with Crippen LogP contribution < -0.4 is 5.32 Å². The van der Waals surface area contributed by atoms with E-state index in [1.54, 1.807) is 24.3 Å². The van der Waals surface area contributed by atoms with Crippen LogP contribution in [0.15, 0.2) is 24.3 Å². The summed E-state index contributed by atoms with van der Waals surface area (Å²) in [5.74, 6) is -0.800. The van der Waals surface area contributed by atoms with Gasteiger partial charge in [0.2, 0.25) is 0 Å². The molecule has 1 aromatic rings. The first kappa shape index (κ1) is 20.0. The van der Waals surface area contributed by atoms with Gasteiger partial charge in [-0.15, -0.1) is 5.06 Å². The van der Waals surface area contributed by atoms with Crippen LogP contribution in [-0.4, -0.2) is 47.5 Å². The maximum Gasteiger partial charge on any atom is 0.408 e. The number of benzene rings is 1. The Morgan fingerprint density at radius 1 is 1.11 bits per heavy atom. The third-order valence-corrected chi connectivity index (χ3v) is 5.03. The van der Waals surface area contributed by atoms with Crippen molar-refractivity contribution in [1.82, 2.24) is 10.4 Å². The maximum atomic E-state index is 11.5. The van der Waals surface area contributed by atoms with Gasteiger partial charge >= 0.3 is 6.09 Å². The summed E-state index contributed by atoms with van der Waals surface area (Å²) in [5, 5.41) is 3.61. The van der Waals surface area contributed by atoms with E-state index in [4.69, 9.17) is 4.74 Å². The summed E-state index contributed by atoms with van der Waals surface area (Å²) in [6.45, 7) is 5.50. The summed E-state index contributed by atoms with van der Waals surface area (Å²) >= 11 is 0. The summed E-state index contributed by atoms with van der Waals surface area (Å²) < 4.78 is 5.16. The smallest absolute Gasteiger partial charge is 0.408 e. The van der Waals surface area contributed by atoms with Crippen molar-refractivity contribution in [2.24, 2.45) is 5.41 Å². The molecule has 0 aromatic heterocycles. The Hall–Kier alpha value is -2.74. The number of hydrogen-bond donors (Lipinski definition) is 1. The summed E-state index contributed by atoms with van der Waals surface area (Å²) in [4.78, 5) is 49.6. The van der Waals surface area contributed by atoms with E-state index in [1.807, 2.05) is 20.8 Å². The van der Waals surface area contributed by atoms with E-state index in [0.29, 0.717) is 11.1 Å². The lowest BCUT2D eigenvalue weighted by atomic mass is 9.40. The molecule has 1 aromatic carbocycles. The first-order valence-corrected chi connectivity index (χ1v) is 9.03. The zero-order valence-electron chi connectivity index (χ0n) is 16.4. The van der Waals surface area contributed by atoms with Crippen molar-refractivity contribution >= 4 is 24.2 Å². The molecule has 3 fully saturated rings. The van der Waals surface area contributed by atoms with Crippen LogP contribution in [0.1, 0.15) is 60.7 Å². The topological polar surface area (TPSA) is 102 Å². The Morgan fingerprint density at radius 2 is 1.61 bits per heavy atom. The van der Waals surface area contributed by atoms with Gasteiger partial charge in [-0.2, -0.15) is 0 Å². The van der Waals surface area contributed by atoms with Crippen molar-refractivity contribution in [3.05, 3.63) is 35.4 Å². The molecule has 3 saturated carbocycles. The van der Waals surface area contributed by atoms with Crippen molar-refractivity contribution < 1.29 is 28.8 Å². The first-order chi connectivity index (χ1) is 13.0. The van der Waals surface area contributed by atoms with Crippen molar-refractivity contribution in [3.8, 4) is 0 Å². The van der Waals surface area contributed by atoms with Gasteiger partial charge in [0, 0.05) is 11.0 Å². The Labute approximate surface area is 163 Å². The quantitative estimate of drug-likeness (QED) is 0.630. The van der Waals surface area contributed by atoms with Gasteiger partial charge in [-0.25, -0.2) is 4.79 Å². The zero-order valence-corrected chi connectivity index (χ0v) is 16.4. The first-order valence-electron chi connectivity index (χ1n) is 9.03. The largest absolute Gasteiger partial charge is 0.444 e. The third kappa shape index (κ3) is 3.52. The van der Waals surface area contributed by atoms with Crippen LogP contribution >= 0.6 is 0 Å². The van der Waals surface area contributed by atoms with Crippen LogP contribution in [0, 0.1) is 5.41 Å². The zero-order chi connectivity index (χ0) is 20.7. The minimum Gasteiger partial charge on any atom is -0.444 e. The molecular formula is C20H24N2O6. The van der Waals surface area contributed by atoms with Crippen molar-refractivity contribution in [2.45, 2.75) is 51.2 Å². The molecule has 0 spiro atoms. The molecule has 8 heteroatoms. The van der Waals surface area contributed by atoms with Gasteiger partial charge in [0.15, 0.2) is 0 Å². The monoisotopic (exact) mass is 388 g/mol. The highest BCUT2D eigenvalue weighted by Gasteiger charge is 2.69. The molecule has 1 heterocycles. The Morgan fingerprint density at radius 3 is 2.00 bits per heavy atom. The number of nitrogens with one attached hydrogen (secondary N) is 1. The fourth-order valence-corrected chi connectivity index (χ4v) is 3.98. The lowest BCUT2D eigenvalue weighted by Gasteiger charge is -2.67. The molecule has 0 atom stereocenters. The number of amides is 3. The second-order valence-electron chi connectivity index (χ2n) is 8.55. The Balaban J connectivity index is 0.000000162. The number of nitrogens with zero attached hydrogens (tertiary/aromatic N) is 1. The lowest BCUT2D eigenvalue weighted by Crippen LogP contribution is -2.75. The van der Waals surface area contributed by atoms with Crippen LogP contribution in [0.2, 0.25) is 0 Å². The second-order valence-corrected chi connectivity index (χ2v) is 8.55. The molecule has 2 bridgehead atoms. The molecule has 4 aliphatic rings. The molecule has 1 N–H and O–H groups in total. The highest BCUT2D eigenvalue weighted by molar-refractivity contribution is 6.20. The average molecular weight is 388 g/mol. The molecule has 1 aliphatic heterocycles. The summed E-state index contributed by atoms with van der Waals surface area (Å²) in [6, 6.07) is 6.63. The van der Waals surface area contributed by atoms with Gasteiger partial charge in [-0.05, 0) is 52.2 Å². The number of alkyl carbamates (subject to hydrolysis) is 1. The van der Waals surface area contributed by atoms with E-state index in [-0.39, 0.29) is 17.0 Å². The number of rotatable bonds is 3. The standard InChI is InChI=1S/C11H17NO3.C9H7NO3/c1-9(2,3)15-8(14)12-11-4-10(5-11,6-11)7-13;1-13-10-8(11)6-4-2-3-5-7(6)9(10)12/h7H,4-6H2,1-3H3,(H,12,14);2-5H,1H3. The SMILES string of the molecule is CC(C)(C)OC(=O)NC12CC(C=O)(C1)C2.CON1C(=O)c2ccccc2C1=O. The van der Waals surface area contributed by atoms with E-state index in [1.165, 1.54) is 7.11 Å². The van der Waals surface area contributed by atoms with Crippen molar-refractivity contribution in [3.63, 3.8) is 0 Å². The van der Waals surface area contributed by atoms with Gasteiger partial charge in [0.25, 0.3) is 11.8 Å². The molecule has 0 saturated heterocycles. The number of fused-ring (bicyclic) bond motifs is 1. The normalized spacial score (nSPS) is 26.9. The van der Waals surface area contributed by atoms with Gasteiger partial charge < -0.3 is 14.8 Å². The average Bonchev–Trinajstić information content (AvgIpc) is 2.80. The molecule has 5 rings (SSSR count). The highest BCUT2D eigenvalue weighted by atomic mass is 16.7. The second kappa shape index (κ2) is 6.70. The van der Waals surface area contributed by atoms with E-state index in [2.05, 4.69) is 10.2 Å². The van der Waals surface area contributed by atoms with Crippen molar-refractivity contribution in [1.29, 1.82) is 0 Å². The maximum absolute atomic E-state index is 11.5. The Bertz CT molecular complexity index is 787. The number of aldehydes is 1. The van der Waals surface area contributed by atoms with Crippen LogP contribution in [0.4, 0.5) is 4.79 Å². The van der Waals surface area contributed by atoms with Crippen molar-refractivity contribution in [2.75, 3.05) is 7.11 Å². The van der Waals surface area contributed by atoms with Gasteiger partial charge in [0.05, 0.1) is 18.2 Å². The lowest BCUT2D eigenvalue weighted by molar-refractivity contribution is -0.163. The molecular weight excluding hydrogens is 364 g/mol. The van der Waals surface area contributed by atoms with Crippen LogP contribution in [0.25, 0.3) is 0 Å². The molecule has 0 unspecified atom stereocenters. The third-order valence-electron chi connectivity index (χ3n) is 5.03. The fraction of sp³-hybridized carbons (Fsp3) is 0.500. The van der Waals surface area contributed by atoms with Gasteiger partial charge in [-0.1, -0.05) is 12.1 Å². The van der Waals surface area contributed by atoms with E-state index < -0.39 is 17.4 Å². The van der Waals surface area contributed by atoms with E-state index in [9.17, 15) is 19.2 Å². The molecule has 3 aliphatic carbocycles. The molecule has 0 radical (unpaired) electrons. The molecule has 8 nitrogen and oxygen atoms in total. The summed E-state index contributed by atoms with van der Waals surface area (Å²) in [6.07, 6.45) is 2.99. The minimum absolute atomic E-state index is 0.116. The fourth-order valence-electron chi connectivity index (χ4n) is 3.98. The number of hydrogen-bond acceptors (Lipinski definition) is 6. The number of hydroxylamine groups is 2. The van der Waals surface area contributed by atoms with Gasteiger partial charge in [-0.3, -0.25) is 14.4 Å². The number of carbonyl (C=O) groups excluding carboxylic acids is 4. The van der Waals surface area contributed by atoms with Crippen LogP contribution in [0.3, 0.4) is 0 Å². The summed E-state index contributed by atoms with van der Waals surface area (Å²) in [5.41, 5.74) is 0.0810. The molecule has 28 heavy (non-hydrogen) atoms. The predicted octanol–water partition coefficient (Wildman–Crippen LogP) is 2.48. The number of ether oxygens (including phenoxy) is 1. The summed E-state index contributed by atoms with van der Waals surface area (Å²) in [7, 11) is 1.29. The van der Waals surface area contributed by atoms with Gasteiger partial charge in [0.1, 0.15) is 11.9 Å². The predicted molar refractivity (Wildman–Crippen MR) is 98.4 cm³/mol. The molecule has 3 amide bonds. The minimum atomic E-state index is -0.462. The molecule has 150 valence electrons. The van der Waals surface area contributed by atoms with Crippen LogP contribution in [-0.2, 0) is 14.4 Å². The number of carbonyl (C=O) groups is 4. The number of imide groups is 1. The van der Waals surface area contributed by atoms with Crippen LogP contribution in [0.5, 0.6) is 0 Å². The highest BCUT2D eigenvalue weighted by Crippen LogP contribution is 2.65. The van der Waals surface area contributed by atoms with E-state index in [0.717, 1.165) is 30.6 Å².